The van der Waals surface area contributed by atoms with Crippen molar-refractivity contribution in [2.24, 2.45) is 0 Å². The van der Waals surface area contributed by atoms with E-state index in [9.17, 15) is 5.26 Å². The van der Waals surface area contributed by atoms with Gasteiger partial charge in [0.25, 0.3) is 0 Å². The Morgan fingerprint density at radius 2 is 0.489 bits per heavy atom. The van der Waals surface area contributed by atoms with E-state index in [1.165, 1.54) is 54.2 Å². The molecule has 6 heteroatoms. The van der Waals surface area contributed by atoms with Crippen LogP contribution in [0.1, 0.15) is 28.1 Å². The summed E-state index contributed by atoms with van der Waals surface area (Å²) in [6.45, 7) is 8.45. The molecule has 0 atom stereocenters. The lowest BCUT2D eigenvalue weighted by Gasteiger charge is -2.27. The lowest BCUT2D eigenvalue weighted by molar-refractivity contribution is 1.12. The molecule has 0 radical (unpaired) electrons. The lowest BCUT2D eigenvalue weighted by atomic mass is 9.75. The minimum absolute atomic E-state index is 0.578. The molecule has 0 N–H and O–H groups in total. The zero-order valence-electron chi connectivity index (χ0n) is 52.4. The summed E-state index contributed by atoms with van der Waals surface area (Å²) in [6, 6.07) is 109. The van der Waals surface area contributed by atoms with Gasteiger partial charge in [0.1, 0.15) is 6.07 Å². The molecule has 0 aliphatic rings. The number of nitriles is 1. The molecular weight excluding hydrogens is 1140 g/mol. The van der Waals surface area contributed by atoms with E-state index in [-0.39, 0.29) is 0 Å². The van der Waals surface area contributed by atoms with Gasteiger partial charge in [0.15, 0.2) is 0 Å². The highest BCUT2D eigenvalue weighted by atomic mass is 15.0. The first-order valence-corrected chi connectivity index (χ1v) is 32.2. The van der Waals surface area contributed by atoms with E-state index in [1.807, 2.05) is 0 Å². The SMILES string of the molecule is Cc1ccc2c(c1)c1ccccc1n2-c1ccc(-c2c(-c3ccc(-n4c5ccccc5c5ccccc54)cc3)c(C#N)c(-c3cc(C)nc(C)c3)c(-c3ccc(-n4c5ccccc5c5ccccc54)cc3)c2-c2ccc(-n3c4ccccc4c4cc(C)ccc43)cc2)cc1. The number of aromatic nitrogens is 5. The lowest BCUT2D eigenvalue weighted by Crippen LogP contribution is -2.04. The zero-order valence-corrected chi connectivity index (χ0v) is 52.4. The normalized spacial score (nSPS) is 11.8. The third kappa shape index (κ3) is 8.45. The molecule has 5 aromatic heterocycles. The highest BCUT2D eigenvalue weighted by Gasteiger charge is 2.30. The fourth-order valence-corrected chi connectivity index (χ4v) is 15.5. The van der Waals surface area contributed by atoms with Crippen LogP contribution in [0.3, 0.4) is 0 Å². The van der Waals surface area contributed by atoms with Crippen molar-refractivity contribution in [1.29, 1.82) is 5.26 Å². The summed E-state index contributed by atoms with van der Waals surface area (Å²) >= 11 is 0. The Bertz CT molecular complexity index is 6050. The second-order valence-electron chi connectivity index (χ2n) is 25.2. The summed E-state index contributed by atoms with van der Waals surface area (Å²) in [5.41, 5.74) is 27.5. The minimum atomic E-state index is 0.578. The number of fused-ring (bicyclic) bond motifs is 12. The standard InChI is InChI=1S/C88H60N6/c1-54-29-47-82-73(49-54)71-21-9-15-27-80(71)93(82)65-43-33-59(34-44-65)86-84(58-31-39-63(40-32-58)91-76-23-11-5-17-67(76)68-18-6-12-24-77(68)91)75(53-89)85(62-51-56(3)90-57(4)52-62)87(60-35-41-64(42-36-60)92-78-25-13-7-19-69(78)70-20-8-14-26-79(70)92)88(86)61-37-45-66(46-38-61)94-81-28-16-10-22-72(81)74-50-55(2)30-48-83(74)94/h5-52H,1-4H3. The van der Waals surface area contributed by atoms with Crippen LogP contribution in [0.5, 0.6) is 0 Å². The predicted octanol–water partition coefficient (Wildman–Crippen LogP) is 22.9. The maximum Gasteiger partial charge on any atom is 0.100 e. The maximum atomic E-state index is 12.5. The van der Waals surface area contributed by atoms with E-state index in [2.05, 4.69) is 343 Å². The van der Waals surface area contributed by atoms with Crippen molar-refractivity contribution in [3.63, 3.8) is 0 Å². The molecule has 5 heterocycles. The number of para-hydroxylation sites is 6. The van der Waals surface area contributed by atoms with Crippen LogP contribution in [0, 0.1) is 39.0 Å². The fraction of sp³-hybridized carbons (Fsp3) is 0.0455. The highest BCUT2D eigenvalue weighted by Crippen LogP contribution is 2.54. The van der Waals surface area contributed by atoms with Crippen molar-refractivity contribution in [3.8, 4) is 84.5 Å². The largest absolute Gasteiger partial charge is 0.309 e. The molecule has 94 heavy (non-hydrogen) atoms. The van der Waals surface area contributed by atoms with Gasteiger partial charge in [0.05, 0.1) is 49.7 Å². The Labute approximate surface area is 544 Å². The van der Waals surface area contributed by atoms with Gasteiger partial charge in [-0.2, -0.15) is 5.26 Å². The predicted molar refractivity (Wildman–Crippen MR) is 392 cm³/mol. The monoisotopic (exact) mass is 1200 g/mol. The molecular formula is C88H60N6. The van der Waals surface area contributed by atoms with Crippen molar-refractivity contribution in [2.75, 3.05) is 0 Å². The van der Waals surface area contributed by atoms with Crippen LogP contribution in [-0.2, 0) is 0 Å². The Morgan fingerprint density at radius 1 is 0.245 bits per heavy atom. The van der Waals surface area contributed by atoms with Crippen LogP contribution in [0.4, 0.5) is 0 Å². The van der Waals surface area contributed by atoms with Crippen LogP contribution in [0.15, 0.2) is 291 Å². The molecule has 18 rings (SSSR count). The summed E-state index contributed by atoms with van der Waals surface area (Å²) < 4.78 is 9.52. The fourth-order valence-electron chi connectivity index (χ4n) is 15.5. The number of aryl methyl sites for hydroxylation is 4. The number of hydrogen-bond acceptors (Lipinski definition) is 2. The van der Waals surface area contributed by atoms with E-state index in [0.717, 1.165) is 134 Å². The molecule has 0 saturated carbocycles. The summed E-state index contributed by atoms with van der Waals surface area (Å²) in [5, 5.41) is 22.2. The van der Waals surface area contributed by atoms with Crippen molar-refractivity contribution in [3.05, 3.63) is 319 Å². The Balaban J connectivity index is 0.950. The second-order valence-corrected chi connectivity index (χ2v) is 25.2. The van der Waals surface area contributed by atoms with Crippen molar-refractivity contribution >= 4 is 87.2 Å². The molecule has 6 nitrogen and oxygen atoms in total. The molecule has 13 aromatic carbocycles. The van der Waals surface area contributed by atoms with E-state index in [0.29, 0.717) is 5.56 Å². The van der Waals surface area contributed by atoms with Crippen LogP contribution in [0.2, 0.25) is 0 Å². The molecule has 0 saturated heterocycles. The van der Waals surface area contributed by atoms with E-state index in [4.69, 9.17) is 4.98 Å². The van der Waals surface area contributed by atoms with Crippen LogP contribution in [-0.4, -0.2) is 23.3 Å². The Hall–Kier alpha value is -12.3. The smallest absolute Gasteiger partial charge is 0.100 e. The quantitative estimate of drug-likeness (QED) is 0.145. The van der Waals surface area contributed by atoms with Crippen molar-refractivity contribution in [1.82, 2.24) is 23.3 Å². The number of nitrogens with zero attached hydrogens (tertiary/aromatic N) is 6. The van der Waals surface area contributed by atoms with Gasteiger partial charge in [-0.1, -0.05) is 181 Å². The molecule has 0 aliphatic heterocycles. The summed E-state index contributed by atoms with van der Waals surface area (Å²) in [6.07, 6.45) is 0. The van der Waals surface area contributed by atoms with E-state index >= 15 is 0 Å². The molecule has 18 aromatic rings. The van der Waals surface area contributed by atoms with Gasteiger partial charge < -0.3 is 18.3 Å². The van der Waals surface area contributed by atoms with Gasteiger partial charge in [0.2, 0.25) is 0 Å². The van der Waals surface area contributed by atoms with Gasteiger partial charge in [-0.15, -0.1) is 0 Å². The first-order valence-electron chi connectivity index (χ1n) is 32.2. The Morgan fingerprint density at radius 3 is 0.787 bits per heavy atom. The summed E-state index contributed by atoms with van der Waals surface area (Å²) in [7, 11) is 0. The van der Waals surface area contributed by atoms with Crippen LogP contribution in [0.25, 0.3) is 166 Å². The zero-order chi connectivity index (χ0) is 62.9. The van der Waals surface area contributed by atoms with E-state index < -0.39 is 0 Å². The van der Waals surface area contributed by atoms with Crippen LogP contribution < -0.4 is 0 Å². The molecule has 0 spiro atoms. The molecule has 0 bridgehead atoms. The molecule has 0 aliphatic carbocycles. The maximum absolute atomic E-state index is 12.5. The van der Waals surface area contributed by atoms with Crippen molar-refractivity contribution < 1.29 is 0 Å². The highest BCUT2D eigenvalue weighted by molar-refractivity contribution is 6.15. The number of hydrogen-bond donors (Lipinski definition) is 0. The van der Waals surface area contributed by atoms with Crippen molar-refractivity contribution in [2.45, 2.75) is 27.7 Å². The topological polar surface area (TPSA) is 56.4 Å². The molecule has 0 amide bonds. The summed E-state index contributed by atoms with van der Waals surface area (Å²) in [5.74, 6) is 0. The third-order valence-electron chi connectivity index (χ3n) is 19.5. The van der Waals surface area contributed by atoms with Crippen LogP contribution >= 0.6 is 0 Å². The van der Waals surface area contributed by atoms with E-state index in [1.54, 1.807) is 0 Å². The number of pyridine rings is 1. The minimum Gasteiger partial charge on any atom is -0.309 e. The number of benzene rings is 13. The first-order chi connectivity index (χ1) is 46.2. The number of rotatable bonds is 9. The van der Waals surface area contributed by atoms with Gasteiger partial charge in [-0.05, 0) is 194 Å². The van der Waals surface area contributed by atoms with Gasteiger partial charge in [-0.25, -0.2) is 0 Å². The average molecular weight is 1200 g/mol. The molecule has 0 unspecified atom stereocenters. The van der Waals surface area contributed by atoms with Gasteiger partial charge in [0, 0.05) is 88.4 Å². The third-order valence-corrected chi connectivity index (χ3v) is 19.5. The molecule has 0 fully saturated rings. The second kappa shape index (κ2) is 21.4. The average Bonchev–Trinajstić information content (AvgIpc) is 1.08. The molecule has 442 valence electrons. The first kappa shape index (κ1) is 54.6. The Kier molecular flexibility index (Phi) is 12.4. The van der Waals surface area contributed by atoms with Gasteiger partial charge >= 0.3 is 0 Å². The summed E-state index contributed by atoms with van der Waals surface area (Å²) in [4.78, 5) is 4.97. The van der Waals surface area contributed by atoms with Gasteiger partial charge in [-0.3, -0.25) is 4.98 Å².